The van der Waals surface area contributed by atoms with Crippen LogP contribution in [-0.2, 0) is 4.79 Å². The van der Waals surface area contributed by atoms with Crippen LogP contribution in [0.4, 0.5) is 14.5 Å². The largest absolute Gasteiger partial charge is 0.324 e. The molecule has 1 amide bonds. The van der Waals surface area contributed by atoms with E-state index in [4.69, 9.17) is 0 Å². The molecule has 0 atom stereocenters. The molecule has 18 heavy (non-hydrogen) atoms. The average Bonchev–Trinajstić information content (AvgIpc) is 2.35. The van der Waals surface area contributed by atoms with Gasteiger partial charge in [0.15, 0.2) is 0 Å². The molecule has 1 aliphatic heterocycles. The van der Waals surface area contributed by atoms with E-state index < -0.39 is 11.6 Å². The number of hydrogen-bond donors (Lipinski definition) is 2. The van der Waals surface area contributed by atoms with Gasteiger partial charge < -0.3 is 10.6 Å². The van der Waals surface area contributed by atoms with Crippen LogP contribution in [0, 0.1) is 17.6 Å². The Kier molecular flexibility index (Phi) is 4.25. The molecule has 0 unspecified atom stereocenters. The number of rotatable bonds is 3. The van der Waals surface area contributed by atoms with Crippen molar-refractivity contribution in [2.45, 2.75) is 19.3 Å². The standard InChI is InChI=1S/C13H16F2N2O/c14-10-1-2-11(15)12(8-10)17-13(18)7-9-3-5-16-6-4-9/h1-2,8-9,16H,3-7H2,(H,17,18). The van der Waals surface area contributed by atoms with E-state index in [0.29, 0.717) is 12.3 Å². The molecule has 0 saturated carbocycles. The molecule has 5 heteroatoms. The topological polar surface area (TPSA) is 41.1 Å². The van der Waals surface area contributed by atoms with Crippen LogP contribution in [0.15, 0.2) is 18.2 Å². The van der Waals surface area contributed by atoms with E-state index in [0.717, 1.165) is 44.1 Å². The molecule has 0 aliphatic carbocycles. The average molecular weight is 254 g/mol. The minimum absolute atomic E-state index is 0.0889. The van der Waals surface area contributed by atoms with Gasteiger partial charge in [-0.25, -0.2) is 8.78 Å². The number of halogens is 2. The van der Waals surface area contributed by atoms with E-state index in [9.17, 15) is 13.6 Å². The lowest BCUT2D eigenvalue weighted by Crippen LogP contribution is -2.30. The van der Waals surface area contributed by atoms with Gasteiger partial charge in [-0.2, -0.15) is 0 Å². The Labute approximate surface area is 105 Å². The first-order valence-electron chi connectivity index (χ1n) is 6.11. The Morgan fingerprint density at radius 1 is 1.33 bits per heavy atom. The summed E-state index contributed by atoms with van der Waals surface area (Å²) in [6.45, 7) is 1.82. The smallest absolute Gasteiger partial charge is 0.224 e. The van der Waals surface area contributed by atoms with Crippen molar-refractivity contribution in [1.29, 1.82) is 0 Å². The molecule has 1 saturated heterocycles. The molecule has 1 aromatic carbocycles. The summed E-state index contributed by atoms with van der Waals surface area (Å²) in [7, 11) is 0. The molecule has 0 aromatic heterocycles. The second-order valence-corrected chi connectivity index (χ2v) is 4.57. The lowest BCUT2D eigenvalue weighted by molar-refractivity contribution is -0.117. The summed E-state index contributed by atoms with van der Waals surface area (Å²) in [5.41, 5.74) is -0.0889. The third-order valence-corrected chi connectivity index (χ3v) is 3.14. The number of amides is 1. The third kappa shape index (κ3) is 3.50. The van der Waals surface area contributed by atoms with Crippen molar-refractivity contribution in [2.75, 3.05) is 18.4 Å². The molecule has 1 aliphatic rings. The molecule has 2 N–H and O–H groups in total. The van der Waals surface area contributed by atoms with Crippen molar-refractivity contribution in [3.63, 3.8) is 0 Å². The molecule has 0 bridgehead atoms. The van der Waals surface area contributed by atoms with Gasteiger partial charge in [-0.1, -0.05) is 0 Å². The SMILES string of the molecule is O=C(CC1CCNCC1)Nc1cc(F)ccc1F. The van der Waals surface area contributed by atoms with Crippen LogP contribution < -0.4 is 10.6 Å². The Balaban J connectivity index is 1.92. The minimum Gasteiger partial charge on any atom is -0.324 e. The van der Waals surface area contributed by atoms with Crippen LogP contribution in [0.5, 0.6) is 0 Å². The summed E-state index contributed by atoms with van der Waals surface area (Å²) in [6.07, 6.45) is 2.25. The Hall–Kier alpha value is -1.49. The maximum atomic E-state index is 13.3. The van der Waals surface area contributed by atoms with Gasteiger partial charge in [-0.05, 0) is 44.0 Å². The Morgan fingerprint density at radius 2 is 2.06 bits per heavy atom. The van der Waals surface area contributed by atoms with E-state index >= 15 is 0 Å². The number of carbonyl (C=O) groups excluding carboxylic acids is 1. The summed E-state index contributed by atoms with van der Waals surface area (Å²) >= 11 is 0. The number of hydrogen-bond acceptors (Lipinski definition) is 2. The highest BCUT2D eigenvalue weighted by molar-refractivity contribution is 5.90. The molecule has 98 valence electrons. The van der Waals surface area contributed by atoms with Gasteiger partial charge in [0.05, 0.1) is 5.69 Å². The first-order chi connectivity index (χ1) is 8.65. The van der Waals surface area contributed by atoms with Crippen molar-refractivity contribution in [3.8, 4) is 0 Å². The summed E-state index contributed by atoms with van der Waals surface area (Å²) < 4.78 is 26.2. The fourth-order valence-corrected chi connectivity index (χ4v) is 2.14. The summed E-state index contributed by atoms with van der Waals surface area (Å²) in [4.78, 5) is 11.7. The first-order valence-corrected chi connectivity index (χ1v) is 6.11. The van der Waals surface area contributed by atoms with Crippen LogP contribution in [0.3, 0.4) is 0 Å². The molecule has 1 fully saturated rings. The van der Waals surface area contributed by atoms with Gasteiger partial charge in [0.2, 0.25) is 5.91 Å². The highest BCUT2D eigenvalue weighted by Gasteiger charge is 2.17. The maximum absolute atomic E-state index is 13.3. The number of anilines is 1. The zero-order valence-corrected chi connectivity index (χ0v) is 10.0. The molecule has 1 heterocycles. The van der Waals surface area contributed by atoms with Crippen molar-refractivity contribution in [1.82, 2.24) is 5.32 Å². The fourth-order valence-electron chi connectivity index (χ4n) is 2.14. The summed E-state index contributed by atoms with van der Waals surface area (Å²) in [5, 5.41) is 5.64. The van der Waals surface area contributed by atoms with Gasteiger partial charge in [-0.15, -0.1) is 0 Å². The van der Waals surface area contributed by atoms with Crippen LogP contribution in [0.25, 0.3) is 0 Å². The summed E-state index contributed by atoms with van der Waals surface area (Å²) in [6, 6.07) is 3.03. The van der Waals surface area contributed by atoms with Crippen molar-refractivity contribution in [2.24, 2.45) is 5.92 Å². The first kappa shape index (κ1) is 13.0. The van der Waals surface area contributed by atoms with Gasteiger partial charge in [0.25, 0.3) is 0 Å². The Morgan fingerprint density at radius 3 is 2.78 bits per heavy atom. The summed E-state index contributed by atoms with van der Waals surface area (Å²) in [5.74, 6) is -1.11. The molecule has 1 aromatic rings. The van der Waals surface area contributed by atoms with Gasteiger partial charge >= 0.3 is 0 Å². The fraction of sp³-hybridized carbons (Fsp3) is 0.462. The quantitative estimate of drug-likeness (QED) is 0.869. The third-order valence-electron chi connectivity index (χ3n) is 3.14. The van der Waals surface area contributed by atoms with E-state index in [1.54, 1.807) is 0 Å². The van der Waals surface area contributed by atoms with Gasteiger partial charge in [0, 0.05) is 12.5 Å². The number of piperidine rings is 1. The molecule has 3 nitrogen and oxygen atoms in total. The molecule has 0 radical (unpaired) electrons. The monoisotopic (exact) mass is 254 g/mol. The van der Waals surface area contributed by atoms with Crippen molar-refractivity contribution < 1.29 is 13.6 Å². The van der Waals surface area contributed by atoms with E-state index in [-0.39, 0.29) is 11.6 Å². The predicted octanol–water partition coefficient (Wildman–Crippen LogP) is 2.29. The van der Waals surface area contributed by atoms with E-state index in [2.05, 4.69) is 10.6 Å². The predicted molar refractivity (Wildman–Crippen MR) is 65.2 cm³/mol. The van der Waals surface area contributed by atoms with Crippen molar-refractivity contribution >= 4 is 11.6 Å². The second kappa shape index (κ2) is 5.91. The highest BCUT2D eigenvalue weighted by atomic mass is 19.1. The normalized spacial score (nSPS) is 16.6. The maximum Gasteiger partial charge on any atom is 0.224 e. The van der Waals surface area contributed by atoms with Gasteiger partial charge in [-0.3, -0.25) is 4.79 Å². The number of nitrogens with one attached hydrogen (secondary N) is 2. The van der Waals surface area contributed by atoms with Crippen LogP contribution in [-0.4, -0.2) is 19.0 Å². The van der Waals surface area contributed by atoms with Crippen LogP contribution in [0.2, 0.25) is 0 Å². The Bertz CT molecular complexity index is 431. The van der Waals surface area contributed by atoms with Crippen LogP contribution >= 0.6 is 0 Å². The van der Waals surface area contributed by atoms with Crippen molar-refractivity contribution in [3.05, 3.63) is 29.8 Å². The van der Waals surface area contributed by atoms with Crippen LogP contribution in [0.1, 0.15) is 19.3 Å². The van der Waals surface area contributed by atoms with E-state index in [1.165, 1.54) is 0 Å². The number of carbonyl (C=O) groups is 1. The zero-order chi connectivity index (χ0) is 13.0. The molecular formula is C13H16F2N2O. The molecule has 2 rings (SSSR count). The molecule has 0 spiro atoms. The highest BCUT2D eigenvalue weighted by Crippen LogP contribution is 2.19. The second-order valence-electron chi connectivity index (χ2n) is 4.57. The van der Waals surface area contributed by atoms with Gasteiger partial charge in [0.1, 0.15) is 11.6 Å². The minimum atomic E-state index is -0.616. The lowest BCUT2D eigenvalue weighted by Gasteiger charge is -2.21. The molecular weight excluding hydrogens is 238 g/mol. The lowest BCUT2D eigenvalue weighted by atomic mass is 9.94. The number of benzene rings is 1. The zero-order valence-electron chi connectivity index (χ0n) is 10.0. The van der Waals surface area contributed by atoms with E-state index in [1.807, 2.05) is 0 Å².